The van der Waals surface area contributed by atoms with Crippen LogP contribution < -0.4 is 11.5 Å². The van der Waals surface area contributed by atoms with Crippen LogP contribution in [-0.2, 0) is 4.79 Å². The predicted molar refractivity (Wildman–Crippen MR) is 48.1 cm³/mol. The summed E-state index contributed by atoms with van der Waals surface area (Å²) in [5, 5.41) is 8.32. The molecule has 11 heavy (non-hydrogen) atoms. The zero-order valence-corrected chi connectivity index (χ0v) is 7.87. The first kappa shape index (κ1) is 17.2. The lowest BCUT2D eigenvalue weighted by molar-refractivity contribution is -0.143. The number of carbonyl (C=O) groups is 1. The van der Waals surface area contributed by atoms with Crippen molar-refractivity contribution in [3.8, 4) is 0 Å². The maximum absolute atomic E-state index is 10.2. The van der Waals surface area contributed by atoms with Crippen molar-refractivity contribution in [1.82, 2.24) is 0 Å². The molecule has 0 amide bonds. The Morgan fingerprint density at radius 3 is 1.91 bits per heavy atom. The lowest BCUT2D eigenvalue weighted by atomic mass is 10.1. The molecule has 0 bridgehead atoms. The SMILES string of the molecule is CCCC(N)(N)C(=O)O.Cl.Cl. The van der Waals surface area contributed by atoms with Gasteiger partial charge >= 0.3 is 5.97 Å². The molecule has 0 saturated heterocycles. The number of rotatable bonds is 3. The highest BCUT2D eigenvalue weighted by Gasteiger charge is 2.26. The molecule has 0 heterocycles. The summed E-state index contributed by atoms with van der Waals surface area (Å²) >= 11 is 0. The third-order valence-corrected chi connectivity index (χ3v) is 1.06. The number of halogens is 2. The van der Waals surface area contributed by atoms with Crippen molar-refractivity contribution in [2.24, 2.45) is 11.5 Å². The maximum Gasteiger partial charge on any atom is 0.338 e. The molecule has 70 valence electrons. The van der Waals surface area contributed by atoms with Gasteiger partial charge in [0, 0.05) is 0 Å². The number of hydrogen-bond acceptors (Lipinski definition) is 3. The van der Waals surface area contributed by atoms with E-state index >= 15 is 0 Å². The molecular formula is C5H14Cl2N2O2. The van der Waals surface area contributed by atoms with Crippen molar-refractivity contribution in [2.45, 2.75) is 25.4 Å². The molecule has 0 aliphatic carbocycles. The van der Waals surface area contributed by atoms with Crippen LogP contribution in [0, 0.1) is 0 Å². The Bertz CT molecular complexity index is 119. The van der Waals surface area contributed by atoms with E-state index in [9.17, 15) is 4.79 Å². The van der Waals surface area contributed by atoms with Crippen molar-refractivity contribution in [1.29, 1.82) is 0 Å². The van der Waals surface area contributed by atoms with E-state index in [4.69, 9.17) is 16.6 Å². The molecule has 0 saturated carbocycles. The summed E-state index contributed by atoms with van der Waals surface area (Å²) in [4.78, 5) is 10.2. The third kappa shape index (κ3) is 6.37. The zero-order chi connectivity index (χ0) is 7.49. The highest BCUT2D eigenvalue weighted by molar-refractivity contribution is 5.85. The Morgan fingerprint density at radius 1 is 1.45 bits per heavy atom. The molecule has 6 heteroatoms. The molecule has 4 nitrogen and oxygen atoms in total. The number of hydrogen-bond donors (Lipinski definition) is 3. The largest absolute Gasteiger partial charge is 0.479 e. The fraction of sp³-hybridized carbons (Fsp3) is 0.800. The summed E-state index contributed by atoms with van der Waals surface area (Å²) in [6, 6.07) is 0. The normalized spacial score (nSPS) is 9.36. The minimum absolute atomic E-state index is 0. The summed E-state index contributed by atoms with van der Waals surface area (Å²) in [6.07, 6.45) is 0.988. The summed E-state index contributed by atoms with van der Waals surface area (Å²) in [7, 11) is 0. The van der Waals surface area contributed by atoms with Crippen LogP contribution in [0.2, 0.25) is 0 Å². The van der Waals surface area contributed by atoms with Crippen molar-refractivity contribution in [2.75, 3.05) is 0 Å². The standard InChI is InChI=1S/C5H12N2O2.2ClH/c1-2-3-5(6,7)4(8)9;;/h2-3,6-7H2,1H3,(H,8,9);2*1H. The molecule has 0 rings (SSSR count). The lowest BCUT2D eigenvalue weighted by Crippen LogP contribution is -2.56. The van der Waals surface area contributed by atoms with Crippen LogP contribution in [0.25, 0.3) is 0 Å². The van der Waals surface area contributed by atoms with Crippen LogP contribution in [0.3, 0.4) is 0 Å². The molecule has 0 atom stereocenters. The van der Waals surface area contributed by atoms with E-state index in [1.807, 2.05) is 6.92 Å². The summed E-state index contributed by atoms with van der Waals surface area (Å²) < 4.78 is 0. The minimum Gasteiger partial charge on any atom is -0.479 e. The van der Waals surface area contributed by atoms with Crippen LogP contribution in [0.1, 0.15) is 19.8 Å². The second kappa shape index (κ2) is 6.67. The molecule has 0 aromatic rings. The molecule has 0 aromatic carbocycles. The lowest BCUT2D eigenvalue weighted by Gasteiger charge is -2.16. The molecule has 0 fully saturated rings. The summed E-state index contributed by atoms with van der Waals surface area (Å²) in [5.74, 6) is -1.15. The van der Waals surface area contributed by atoms with Crippen molar-refractivity contribution in [3.05, 3.63) is 0 Å². The smallest absolute Gasteiger partial charge is 0.338 e. The van der Waals surface area contributed by atoms with Crippen LogP contribution in [0.4, 0.5) is 0 Å². The number of carboxylic acid groups (broad SMARTS) is 1. The van der Waals surface area contributed by atoms with Gasteiger partial charge in [-0.1, -0.05) is 13.3 Å². The van der Waals surface area contributed by atoms with Gasteiger partial charge in [-0.25, -0.2) is 4.79 Å². The van der Waals surface area contributed by atoms with E-state index < -0.39 is 11.6 Å². The molecule has 0 aromatic heterocycles. The monoisotopic (exact) mass is 204 g/mol. The van der Waals surface area contributed by atoms with Crippen LogP contribution in [0.5, 0.6) is 0 Å². The van der Waals surface area contributed by atoms with E-state index in [1.54, 1.807) is 0 Å². The fourth-order valence-electron chi connectivity index (χ4n) is 0.521. The number of nitrogens with two attached hydrogens (primary N) is 2. The van der Waals surface area contributed by atoms with Gasteiger partial charge < -0.3 is 16.6 Å². The Balaban J connectivity index is -0.000000320. The van der Waals surface area contributed by atoms with Gasteiger partial charge in [0.1, 0.15) is 0 Å². The molecule has 0 spiro atoms. The first-order chi connectivity index (χ1) is 4.00. The Morgan fingerprint density at radius 2 is 1.82 bits per heavy atom. The summed E-state index contributed by atoms with van der Waals surface area (Å²) in [6.45, 7) is 1.83. The fourth-order valence-corrected chi connectivity index (χ4v) is 0.521. The highest BCUT2D eigenvalue weighted by atomic mass is 35.5. The van der Waals surface area contributed by atoms with Gasteiger partial charge in [-0.15, -0.1) is 24.8 Å². The Hall–Kier alpha value is -0.0300. The first-order valence-electron chi connectivity index (χ1n) is 2.82. The predicted octanol–water partition coefficient (Wildman–Crippen LogP) is 0.328. The average Bonchev–Trinajstić information content (AvgIpc) is 1.65. The molecular weight excluding hydrogens is 191 g/mol. The second-order valence-corrected chi connectivity index (χ2v) is 2.10. The van der Waals surface area contributed by atoms with Gasteiger partial charge in [0.15, 0.2) is 5.66 Å². The third-order valence-electron chi connectivity index (χ3n) is 1.06. The minimum atomic E-state index is -1.53. The van der Waals surface area contributed by atoms with Gasteiger partial charge in [-0.2, -0.15) is 0 Å². The quantitative estimate of drug-likeness (QED) is 0.579. The van der Waals surface area contributed by atoms with E-state index in [0.29, 0.717) is 12.8 Å². The molecule has 0 radical (unpaired) electrons. The van der Waals surface area contributed by atoms with Crippen LogP contribution in [-0.4, -0.2) is 16.7 Å². The van der Waals surface area contributed by atoms with E-state index in [-0.39, 0.29) is 24.8 Å². The molecule has 0 aliphatic heterocycles. The van der Waals surface area contributed by atoms with Crippen molar-refractivity contribution < 1.29 is 9.90 Å². The van der Waals surface area contributed by atoms with Gasteiger partial charge in [-0.05, 0) is 6.42 Å². The van der Waals surface area contributed by atoms with Gasteiger partial charge in [0.2, 0.25) is 0 Å². The Labute approximate surface area is 78.1 Å². The topological polar surface area (TPSA) is 89.3 Å². The number of carboxylic acids is 1. The average molecular weight is 205 g/mol. The van der Waals surface area contributed by atoms with Gasteiger partial charge in [-0.3, -0.25) is 0 Å². The molecule has 0 aliphatic rings. The summed E-state index contributed by atoms with van der Waals surface area (Å²) in [5.41, 5.74) is 8.76. The highest BCUT2D eigenvalue weighted by Crippen LogP contribution is 2.00. The van der Waals surface area contributed by atoms with Crippen LogP contribution in [0.15, 0.2) is 0 Å². The van der Waals surface area contributed by atoms with Crippen LogP contribution >= 0.6 is 24.8 Å². The van der Waals surface area contributed by atoms with Crippen molar-refractivity contribution in [3.63, 3.8) is 0 Å². The molecule has 5 N–H and O–H groups in total. The number of aliphatic carboxylic acids is 1. The van der Waals surface area contributed by atoms with Gasteiger partial charge in [0.25, 0.3) is 0 Å². The first-order valence-corrected chi connectivity index (χ1v) is 2.82. The second-order valence-electron chi connectivity index (χ2n) is 2.10. The van der Waals surface area contributed by atoms with Crippen molar-refractivity contribution >= 4 is 30.8 Å². The van der Waals surface area contributed by atoms with E-state index in [2.05, 4.69) is 0 Å². The van der Waals surface area contributed by atoms with E-state index in [0.717, 1.165) is 0 Å². The van der Waals surface area contributed by atoms with E-state index in [1.165, 1.54) is 0 Å². The maximum atomic E-state index is 10.2. The molecule has 0 unspecified atom stereocenters. The zero-order valence-electron chi connectivity index (χ0n) is 6.24. The van der Waals surface area contributed by atoms with Gasteiger partial charge in [0.05, 0.1) is 0 Å². The Kier molecular flexibility index (Phi) is 10.4.